The Bertz CT molecular complexity index is 1090. The standard InChI is InChI=1S/C21H18FNO3S/c22-17-4-1-15(2-5-17)16-3-6-20-18(9-16)19-11-23(10-14-7-8-26-13-14)12-21(19)27(20,24)25/h1-9,13,19,21H,10-12H2/t19-,21-/m0/s1. The molecule has 138 valence electrons. The van der Waals surface area contributed by atoms with Crippen LogP contribution in [0, 0.1) is 5.82 Å². The van der Waals surface area contributed by atoms with Gasteiger partial charge in [-0.2, -0.15) is 0 Å². The molecule has 0 bridgehead atoms. The molecule has 0 radical (unpaired) electrons. The van der Waals surface area contributed by atoms with Gasteiger partial charge in [0.1, 0.15) is 5.82 Å². The molecule has 0 N–H and O–H groups in total. The Balaban J connectivity index is 1.50. The zero-order chi connectivity index (χ0) is 18.6. The number of fused-ring (bicyclic) bond motifs is 3. The molecule has 2 aromatic carbocycles. The number of nitrogens with zero attached hydrogens (tertiary/aromatic N) is 1. The summed E-state index contributed by atoms with van der Waals surface area (Å²) in [7, 11) is -3.33. The Morgan fingerprint density at radius 3 is 2.56 bits per heavy atom. The van der Waals surface area contributed by atoms with E-state index in [0.717, 1.165) is 22.3 Å². The number of likely N-dealkylation sites (tertiary alicyclic amines) is 1. The summed E-state index contributed by atoms with van der Waals surface area (Å²) >= 11 is 0. The van der Waals surface area contributed by atoms with Crippen molar-refractivity contribution < 1.29 is 17.2 Å². The van der Waals surface area contributed by atoms with E-state index < -0.39 is 15.1 Å². The molecule has 5 rings (SSSR count). The second-order valence-corrected chi connectivity index (χ2v) is 9.41. The molecule has 2 aliphatic heterocycles. The van der Waals surface area contributed by atoms with Gasteiger partial charge in [0.05, 0.1) is 22.7 Å². The smallest absolute Gasteiger partial charge is 0.183 e. The van der Waals surface area contributed by atoms with Crippen molar-refractivity contribution in [2.24, 2.45) is 0 Å². The van der Waals surface area contributed by atoms with Crippen LogP contribution in [0.25, 0.3) is 11.1 Å². The van der Waals surface area contributed by atoms with Crippen molar-refractivity contribution in [1.29, 1.82) is 0 Å². The number of rotatable bonds is 3. The molecule has 1 fully saturated rings. The summed E-state index contributed by atoms with van der Waals surface area (Å²) in [6.07, 6.45) is 3.33. The third kappa shape index (κ3) is 2.71. The van der Waals surface area contributed by atoms with Crippen LogP contribution in [-0.4, -0.2) is 31.7 Å². The minimum absolute atomic E-state index is 0.0303. The fraction of sp³-hybridized carbons (Fsp3) is 0.238. The lowest BCUT2D eigenvalue weighted by Crippen LogP contribution is -2.25. The van der Waals surface area contributed by atoms with Crippen LogP contribution in [0.15, 0.2) is 70.4 Å². The van der Waals surface area contributed by atoms with Gasteiger partial charge in [0.2, 0.25) is 0 Å². The quantitative estimate of drug-likeness (QED) is 0.690. The average molecular weight is 383 g/mol. The van der Waals surface area contributed by atoms with Gasteiger partial charge in [-0.05, 0) is 47.0 Å². The van der Waals surface area contributed by atoms with Crippen molar-refractivity contribution in [3.8, 4) is 11.1 Å². The van der Waals surface area contributed by atoms with Crippen molar-refractivity contribution in [1.82, 2.24) is 4.90 Å². The molecule has 3 heterocycles. The van der Waals surface area contributed by atoms with E-state index in [2.05, 4.69) is 4.90 Å². The summed E-state index contributed by atoms with van der Waals surface area (Å²) in [6.45, 7) is 1.92. The zero-order valence-corrected chi connectivity index (χ0v) is 15.3. The average Bonchev–Trinajstić information content (AvgIpc) is 3.35. The monoisotopic (exact) mass is 383 g/mol. The summed E-state index contributed by atoms with van der Waals surface area (Å²) in [5, 5.41) is -0.400. The fourth-order valence-corrected chi connectivity index (χ4v) is 6.51. The maximum Gasteiger partial charge on any atom is 0.183 e. The van der Waals surface area contributed by atoms with Gasteiger partial charge in [0, 0.05) is 31.1 Å². The molecule has 0 aliphatic carbocycles. The summed E-state index contributed by atoms with van der Waals surface area (Å²) in [5.41, 5.74) is 3.73. The van der Waals surface area contributed by atoms with Gasteiger partial charge in [-0.25, -0.2) is 12.8 Å². The lowest BCUT2D eigenvalue weighted by molar-refractivity contribution is 0.324. The van der Waals surface area contributed by atoms with E-state index in [1.54, 1.807) is 30.7 Å². The number of hydrogen-bond acceptors (Lipinski definition) is 4. The molecule has 2 atom stereocenters. The second-order valence-electron chi connectivity index (χ2n) is 7.28. The van der Waals surface area contributed by atoms with E-state index in [4.69, 9.17) is 4.42 Å². The molecule has 0 unspecified atom stereocenters. The Morgan fingerprint density at radius 1 is 1.04 bits per heavy atom. The second kappa shape index (κ2) is 6.04. The third-order valence-electron chi connectivity index (χ3n) is 5.62. The minimum Gasteiger partial charge on any atom is -0.472 e. The van der Waals surface area contributed by atoms with Gasteiger partial charge in [0.25, 0.3) is 0 Å². The van der Waals surface area contributed by atoms with Gasteiger partial charge >= 0.3 is 0 Å². The molecule has 2 aliphatic rings. The highest BCUT2D eigenvalue weighted by atomic mass is 32.2. The van der Waals surface area contributed by atoms with Gasteiger partial charge in [-0.1, -0.05) is 18.2 Å². The van der Waals surface area contributed by atoms with E-state index in [1.807, 2.05) is 18.2 Å². The first-order valence-electron chi connectivity index (χ1n) is 8.89. The Hall–Kier alpha value is -2.44. The van der Waals surface area contributed by atoms with E-state index >= 15 is 0 Å². The fourth-order valence-electron chi connectivity index (χ4n) is 4.32. The van der Waals surface area contributed by atoms with Crippen molar-refractivity contribution >= 4 is 9.84 Å². The number of sulfone groups is 1. The normalized spacial score (nSPS) is 23.3. The Kier molecular flexibility index (Phi) is 3.74. The molecule has 6 heteroatoms. The minimum atomic E-state index is -3.33. The zero-order valence-electron chi connectivity index (χ0n) is 14.5. The van der Waals surface area contributed by atoms with Crippen molar-refractivity contribution in [2.75, 3.05) is 13.1 Å². The van der Waals surface area contributed by atoms with Crippen LogP contribution in [0.4, 0.5) is 4.39 Å². The van der Waals surface area contributed by atoms with E-state index in [-0.39, 0.29) is 11.7 Å². The Morgan fingerprint density at radius 2 is 1.81 bits per heavy atom. The highest BCUT2D eigenvalue weighted by molar-refractivity contribution is 7.92. The number of benzene rings is 2. The van der Waals surface area contributed by atoms with E-state index in [0.29, 0.717) is 24.5 Å². The van der Waals surface area contributed by atoms with Crippen LogP contribution in [0.2, 0.25) is 0 Å². The van der Waals surface area contributed by atoms with Crippen molar-refractivity contribution in [3.63, 3.8) is 0 Å². The van der Waals surface area contributed by atoms with E-state index in [1.165, 1.54) is 12.1 Å². The molecule has 3 aromatic rings. The molecule has 1 aromatic heterocycles. The highest BCUT2D eigenvalue weighted by Gasteiger charge is 2.50. The van der Waals surface area contributed by atoms with Crippen LogP contribution >= 0.6 is 0 Å². The molecule has 0 spiro atoms. The largest absolute Gasteiger partial charge is 0.472 e. The topological polar surface area (TPSA) is 50.5 Å². The third-order valence-corrected chi connectivity index (χ3v) is 7.88. The first kappa shape index (κ1) is 16.7. The number of furan rings is 1. The summed E-state index contributed by atoms with van der Waals surface area (Å²) in [5.74, 6) is -0.314. The molecular formula is C21H18FNO3S. The maximum atomic E-state index is 13.2. The van der Waals surface area contributed by atoms with Gasteiger partial charge in [-0.15, -0.1) is 0 Å². The molecule has 0 amide bonds. The Labute approximate surface area is 157 Å². The van der Waals surface area contributed by atoms with E-state index in [9.17, 15) is 12.8 Å². The molecular weight excluding hydrogens is 365 g/mol. The SMILES string of the molecule is O=S1(=O)c2ccc(-c3ccc(F)cc3)cc2[C@@H]2CN(Cc3ccoc3)C[C@@H]21. The van der Waals surface area contributed by atoms with Crippen LogP contribution in [0.3, 0.4) is 0 Å². The molecule has 1 saturated heterocycles. The van der Waals surface area contributed by atoms with Crippen molar-refractivity contribution in [3.05, 3.63) is 78.0 Å². The lowest BCUT2D eigenvalue weighted by Gasteiger charge is -2.16. The highest BCUT2D eigenvalue weighted by Crippen LogP contribution is 2.46. The number of hydrogen-bond donors (Lipinski definition) is 0. The number of halogens is 1. The van der Waals surface area contributed by atoms with Crippen LogP contribution in [0.5, 0.6) is 0 Å². The summed E-state index contributed by atoms with van der Waals surface area (Å²) in [4.78, 5) is 2.62. The van der Waals surface area contributed by atoms with Gasteiger partial charge < -0.3 is 4.42 Å². The van der Waals surface area contributed by atoms with Gasteiger partial charge in [0.15, 0.2) is 9.84 Å². The summed E-state index contributed by atoms with van der Waals surface area (Å²) in [6, 6.07) is 13.7. The predicted molar refractivity (Wildman–Crippen MR) is 99.5 cm³/mol. The van der Waals surface area contributed by atoms with Crippen LogP contribution < -0.4 is 0 Å². The van der Waals surface area contributed by atoms with Crippen LogP contribution in [0.1, 0.15) is 17.0 Å². The van der Waals surface area contributed by atoms with Crippen LogP contribution in [-0.2, 0) is 16.4 Å². The maximum absolute atomic E-state index is 13.2. The molecule has 4 nitrogen and oxygen atoms in total. The predicted octanol–water partition coefficient (Wildman–Crippen LogP) is 3.84. The summed E-state index contributed by atoms with van der Waals surface area (Å²) < 4.78 is 44.3. The first-order valence-corrected chi connectivity index (χ1v) is 10.4. The lowest BCUT2D eigenvalue weighted by atomic mass is 9.94. The molecule has 0 saturated carbocycles. The van der Waals surface area contributed by atoms with Crippen molar-refractivity contribution in [2.45, 2.75) is 22.6 Å². The first-order chi connectivity index (χ1) is 13.0. The molecule has 27 heavy (non-hydrogen) atoms. The van der Waals surface area contributed by atoms with Gasteiger partial charge in [-0.3, -0.25) is 4.90 Å².